The molecule has 5 heteroatoms. The van der Waals surface area contributed by atoms with Crippen LogP contribution in [-0.2, 0) is 9.47 Å². The van der Waals surface area contributed by atoms with Gasteiger partial charge in [0.05, 0.1) is 11.6 Å². The average molecular weight is 277 g/mol. The molecule has 0 spiro atoms. The minimum atomic E-state index is -0.486. The van der Waals surface area contributed by atoms with E-state index in [1.165, 1.54) is 12.1 Å². The second kappa shape index (κ2) is 8.29. The van der Waals surface area contributed by atoms with Gasteiger partial charge in [0.1, 0.15) is 11.6 Å². The van der Waals surface area contributed by atoms with E-state index in [2.05, 4.69) is 0 Å². The highest BCUT2D eigenvalue weighted by Crippen LogP contribution is 2.20. The maximum atomic E-state index is 13.1. The van der Waals surface area contributed by atoms with Crippen LogP contribution in [0.3, 0.4) is 0 Å². The first-order valence-electron chi connectivity index (χ1n) is 5.98. The molecule has 1 rings (SSSR count). The maximum Gasteiger partial charge on any atom is 0.160 e. The van der Waals surface area contributed by atoms with Gasteiger partial charge < -0.3 is 14.2 Å². The van der Waals surface area contributed by atoms with Crippen molar-refractivity contribution in [3.8, 4) is 5.75 Å². The Balaban J connectivity index is 2.37. The Morgan fingerprint density at radius 2 is 1.89 bits per heavy atom. The first-order chi connectivity index (χ1) is 8.67. The van der Waals surface area contributed by atoms with Gasteiger partial charge in [-0.05, 0) is 26.0 Å². The number of rotatable bonds is 8. The lowest BCUT2D eigenvalue weighted by atomic mass is 10.3. The molecule has 3 nitrogen and oxygen atoms in total. The van der Waals surface area contributed by atoms with E-state index in [1.807, 2.05) is 13.8 Å². The van der Waals surface area contributed by atoms with Crippen molar-refractivity contribution in [2.45, 2.75) is 26.6 Å². The standard InChI is InChI=1S/C13H18ClFO3/c1-3-16-13(17-4-2)7-8-18-10-5-6-11(14)12(15)9-10/h5-6,9,13H,3-4,7-8H2,1-2H3. The molecule has 0 bridgehead atoms. The Kier molecular flexibility index (Phi) is 7.01. The summed E-state index contributed by atoms with van der Waals surface area (Å²) >= 11 is 5.58. The van der Waals surface area contributed by atoms with E-state index < -0.39 is 5.82 Å². The molecule has 1 aromatic carbocycles. The molecule has 0 amide bonds. The lowest BCUT2D eigenvalue weighted by Crippen LogP contribution is -2.20. The van der Waals surface area contributed by atoms with Crippen LogP contribution in [0, 0.1) is 5.82 Å². The van der Waals surface area contributed by atoms with Crippen molar-refractivity contribution in [1.29, 1.82) is 0 Å². The van der Waals surface area contributed by atoms with Gasteiger partial charge in [-0.1, -0.05) is 11.6 Å². The van der Waals surface area contributed by atoms with Gasteiger partial charge in [-0.25, -0.2) is 4.39 Å². The molecule has 1 aromatic rings. The monoisotopic (exact) mass is 276 g/mol. The Labute approximate surface area is 112 Å². The molecule has 0 radical (unpaired) electrons. The summed E-state index contributed by atoms with van der Waals surface area (Å²) in [6.07, 6.45) is 0.309. The number of hydrogen-bond acceptors (Lipinski definition) is 3. The number of hydrogen-bond donors (Lipinski definition) is 0. The van der Waals surface area contributed by atoms with Crippen molar-refractivity contribution in [2.24, 2.45) is 0 Å². The maximum absolute atomic E-state index is 13.1. The van der Waals surface area contributed by atoms with Crippen molar-refractivity contribution >= 4 is 11.6 Å². The van der Waals surface area contributed by atoms with Crippen LogP contribution in [0.2, 0.25) is 5.02 Å². The van der Waals surface area contributed by atoms with E-state index in [-0.39, 0.29) is 11.3 Å². The topological polar surface area (TPSA) is 27.7 Å². The van der Waals surface area contributed by atoms with Gasteiger partial charge in [0.15, 0.2) is 6.29 Å². The molecule has 0 atom stereocenters. The Morgan fingerprint density at radius 3 is 2.44 bits per heavy atom. The van der Waals surface area contributed by atoms with Crippen LogP contribution in [0.5, 0.6) is 5.75 Å². The first kappa shape index (κ1) is 15.2. The summed E-state index contributed by atoms with van der Waals surface area (Å²) in [6, 6.07) is 4.36. The van der Waals surface area contributed by atoms with E-state index >= 15 is 0 Å². The molecule has 0 unspecified atom stereocenters. The molecule has 0 N–H and O–H groups in total. The normalized spacial score (nSPS) is 10.9. The highest BCUT2D eigenvalue weighted by Gasteiger charge is 2.08. The third-order valence-corrected chi connectivity index (χ3v) is 2.52. The Hall–Kier alpha value is -0.840. The van der Waals surface area contributed by atoms with Crippen LogP contribution in [0.1, 0.15) is 20.3 Å². The zero-order valence-electron chi connectivity index (χ0n) is 10.6. The van der Waals surface area contributed by atoms with E-state index in [0.29, 0.717) is 32.0 Å². The third kappa shape index (κ3) is 5.21. The fourth-order valence-corrected chi connectivity index (χ4v) is 1.54. The highest BCUT2D eigenvalue weighted by molar-refractivity contribution is 6.30. The van der Waals surface area contributed by atoms with E-state index in [4.69, 9.17) is 25.8 Å². The molecule has 0 fully saturated rings. The molecule has 102 valence electrons. The quantitative estimate of drug-likeness (QED) is 0.679. The largest absolute Gasteiger partial charge is 0.493 e. The zero-order valence-corrected chi connectivity index (χ0v) is 11.4. The highest BCUT2D eigenvalue weighted by atomic mass is 35.5. The van der Waals surface area contributed by atoms with Crippen molar-refractivity contribution in [3.05, 3.63) is 29.0 Å². The first-order valence-corrected chi connectivity index (χ1v) is 6.36. The smallest absolute Gasteiger partial charge is 0.160 e. The third-order valence-electron chi connectivity index (χ3n) is 2.22. The van der Waals surface area contributed by atoms with Crippen LogP contribution in [0.15, 0.2) is 18.2 Å². The van der Waals surface area contributed by atoms with Crippen LogP contribution >= 0.6 is 11.6 Å². The predicted octanol–water partition coefficient (Wildman–Crippen LogP) is 3.65. The van der Waals surface area contributed by atoms with Gasteiger partial charge in [-0.15, -0.1) is 0 Å². The van der Waals surface area contributed by atoms with Crippen LogP contribution in [0.4, 0.5) is 4.39 Å². The van der Waals surface area contributed by atoms with Crippen LogP contribution < -0.4 is 4.74 Å². The zero-order chi connectivity index (χ0) is 13.4. The van der Waals surface area contributed by atoms with E-state index in [9.17, 15) is 4.39 Å². The summed E-state index contributed by atoms with van der Waals surface area (Å²) in [5.74, 6) is -0.0380. The second-order valence-corrected chi connectivity index (χ2v) is 3.96. The van der Waals surface area contributed by atoms with Gasteiger partial charge in [0.25, 0.3) is 0 Å². The summed E-state index contributed by atoms with van der Waals surface area (Å²) in [4.78, 5) is 0. The van der Waals surface area contributed by atoms with Crippen LogP contribution in [0.25, 0.3) is 0 Å². The summed E-state index contributed by atoms with van der Waals surface area (Å²) in [5, 5.41) is 0.0869. The Bertz CT molecular complexity index is 354. The number of benzene rings is 1. The van der Waals surface area contributed by atoms with Crippen molar-refractivity contribution in [2.75, 3.05) is 19.8 Å². The number of ether oxygens (including phenoxy) is 3. The van der Waals surface area contributed by atoms with Crippen LogP contribution in [-0.4, -0.2) is 26.1 Å². The fraction of sp³-hybridized carbons (Fsp3) is 0.538. The SMILES string of the molecule is CCOC(CCOc1ccc(Cl)c(F)c1)OCC. The molecule has 0 aromatic heterocycles. The minimum Gasteiger partial charge on any atom is -0.493 e. The summed E-state index contributed by atoms with van der Waals surface area (Å²) in [7, 11) is 0. The molecule has 0 aliphatic rings. The molecule has 18 heavy (non-hydrogen) atoms. The number of halogens is 2. The Morgan fingerprint density at radius 1 is 1.22 bits per heavy atom. The molecular weight excluding hydrogens is 259 g/mol. The van der Waals surface area contributed by atoms with Crippen molar-refractivity contribution in [3.63, 3.8) is 0 Å². The van der Waals surface area contributed by atoms with Gasteiger partial charge in [0.2, 0.25) is 0 Å². The summed E-state index contributed by atoms with van der Waals surface area (Å²) in [6.45, 7) is 5.37. The predicted molar refractivity (Wildman–Crippen MR) is 68.6 cm³/mol. The van der Waals surface area contributed by atoms with E-state index in [0.717, 1.165) is 0 Å². The second-order valence-electron chi connectivity index (χ2n) is 3.55. The summed E-state index contributed by atoms with van der Waals surface area (Å²) in [5.41, 5.74) is 0. The minimum absolute atomic E-state index is 0.0869. The molecular formula is C13H18ClFO3. The lowest BCUT2D eigenvalue weighted by molar-refractivity contribution is -0.142. The molecule has 0 saturated heterocycles. The van der Waals surface area contributed by atoms with E-state index in [1.54, 1.807) is 6.07 Å². The molecule has 0 aliphatic carbocycles. The lowest BCUT2D eigenvalue weighted by Gasteiger charge is -2.17. The average Bonchev–Trinajstić information content (AvgIpc) is 2.34. The van der Waals surface area contributed by atoms with Gasteiger partial charge >= 0.3 is 0 Å². The molecule has 0 aliphatic heterocycles. The van der Waals surface area contributed by atoms with Gasteiger partial charge in [-0.2, -0.15) is 0 Å². The van der Waals surface area contributed by atoms with Gasteiger partial charge in [-0.3, -0.25) is 0 Å². The fourth-order valence-electron chi connectivity index (χ4n) is 1.43. The molecule has 0 saturated carbocycles. The molecule has 0 heterocycles. The summed E-state index contributed by atoms with van der Waals surface area (Å²) < 4.78 is 29.3. The van der Waals surface area contributed by atoms with Crippen molar-refractivity contribution in [1.82, 2.24) is 0 Å². The van der Waals surface area contributed by atoms with Crippen molar-refractivity contribution < 1.29 is 18.6 Å². The van der Waals surface area contributed by atoms with Gasteiger partial charge in [0, 0.05) is 25.7 Å².